The lowest BCUT2D eigenvalue weighted by Gasteiger charge is -2.39. The molecule has 1 heterocycles. The smallest absolute Gasteiger partial charge is 0.175 e. The van der Waals surface area contributed by atoms with Gasteiger partial charge in [-0.25, -0.2) is 0 Å². The number of hydrogen-bond donors (Lipinski definition) is 2. The molecule has 1 fully saturated rings. The fourth-order valence-corrected chi connectivity index (χ4v) is 2.89. The highest BCUT2D eigenvalue weighted by Crippen LogP contribution is 2.36. The zero-order valence-corrected chi connectivity index (χ0v) is 10.4. The average molecular weight is 260 g/mol. The van der Waals surface area contributed by atoms with Gasteiger partial charge in [0.25, 0.3) is 0 Å². The zero-order chi connectivity index (χ0) is 13.4. The number of allylic oxidation sites excluding steroid dienone is 1. The molecule has 1 aliphatic carbocycles. The zero-order valence-electron chi connectivity index (χ0n) is 10.4. The Morgan fingerprint density at radius 1 is 1.11 bits per heavy atom. The molecular formula is C15H16O4. The van der Waals surface area contributed by atoms with Gasteiger partial charge < -0.3 is 14.9 Å². The van der Waals surface area contributed by atoms with Crippen LogP contribution in [0.25, 0.3) is 5.57 Å². The monoisotopic (exact) mass is 260 g/mol. The van der Waals surface area contributed by atoms with Gasteiger partial charge in [-0.1, -0.05) is 30.3 Å². The molecule has 4 nitrogen and oxygen atoms in total. The molecule has 1 saturated carbocycles. The summed E-state index contributed by atoms with van der Waals surface area (Å²) in [6.07, 6.45) is 0.233. The van der Waals surface area contributed by atoms with E-state index >= 15 is 0 Å². The van der Waals surface area contributed by atoms with Gasteiger partial charge in [-0.15, -0.1) is 0 Å². The number of carbonyl (C=O) groups is 1. The maximum absolute atomic E-state index is 12.5. The number of benzene rings is 1. The number of carbonyl (C=O) groups excluding carboxylic acids is 1. The molecule has 1 aliphatic heterocycles. The second-order valence-corrected chi connectivity index (χ2v) is 5.15. The number of ketones is 1. The summed E-state index contributed by atoms with van der Waals surface area (Å²) < 4.78 is 5.56. The fourth-order valence-electron chi connectivity index (χ4n) is 2.89. The third-order valence-corrected chi connectivity index (χ3v) is 3.85. The van der Waals surface area contributed by atoms with Crippen molar-refractivity contribution in [1.82, 2.24) is 0 Å². The minimum absolute atomic E-state index is 0.0955. The van der Waals surface area contributed by atoms with Gasteiger partial charge in [-0.3, -0.25) is 4.79 Å². The van der Waals surface area contributed by atoms with Gasteiger partial charge in [0.15, 0.2) is 5.78 Å². The largest absolute Gasteiger partial charge is 0.496 e. The molecule has 2 N–H and O–H groups in total. The molecular weight excluding hydrogens is 244 g/mol. The Labute approximate surface area is 111 Å². The van der Waals surface area contributed by atoms with Crippen LogP contribution in [0, 0.1) is 5.92 Å². The molecule has 1 aromatic carbocycles. The number of rotatable bonds is 1. The molecule has 0 saturated heterocycles. The summed E-state index contributed by atoms with van der Waals surface area (Å²) in [5, 5.41) is 19.6. The minimum atomic E-state index is -0.839. The third-order valence-electron chi connectivity index (χ3n) is 3.85. The molecule has 0 bridgehead atoms. The van der Waals surface area contributed by atoms with Crippen molar-refractivity contribution >= 4 is 11.4 Å². The lowest BCUT2D eigenvalue weighted by Crippen LogP contribution is -2.48. The maximum Gasteiger partial charge on any atom is 0.175 e. The molecule has 4 atom stereocenters. The summed E-state index contributed by atoms with van der Waals surface area (Å²) in [5.41, 5.74) is 1.29. The fraction of sp³-hybridized carbons (Fsp3) is 0.400. The lowest BCUT2D eigenvalue weighted by atomic mass is 9.76. The van der Waals surface area contributed by atoms with Crippen molar-refractivity contribution in [3.8, 4) is 0 Å². The average Bonchev–Trinajstić information content (AvgIpc) is 2.39. The minimum Gasteiger partial charge on any atom is -0.496 e. The van der Waals surface area contributed by atoms with E-state index in [1.807, 2.05) is 30.3 Å². The van der Waals surface area contributed by atoms with E-state index in [4.69, 9.17) is 4.74 Å². The highest BCUT2D eigenvalue weighted by Gasteiger charge is 2.45. The molecule has 1 aromatic rings. The van der Waals surface area contributed by atoms with Gasteiger partial charge in [0.1, 0.15) is 6.10 Å². The summed E-state index contributed by atoms with van der Waals surface area (Å²) >= 11 is 0. The first-order chi connectivity index (χ1) is 9.16. The Hall–Kier alpha value is -1.65. The molecule has 0 aromatic heterocycles. The number of ether oxygens (including phenoxy) is 1. The van der Waals surface area contributed by atoms with Gasteiger partial charge in [-0.2, -0.15) is 0 Å². The number of Topliss-reactive ketones (excluding diaryl/α,β-unsaturated/α-hetero) is 1. The van der Waals surface area contributed by atoms with E-state index in [2.05, 4.69) is 0 Å². The first kappa shape index (κ1) is 12.4. The first-order valence-corrected chi connectivity index (χ1v) is 6.48. The van der Waals surface area contributed by atoms with Crippen molar-refractivity contribution in [2.24, 2.45) is 5.92 Å². The molecule has 3 rings (SSSR count). The molecule has 4 heteroatoms. The van der Waals surface area contributed by atoms with Crippen molar-refractivity contribution in [3.05, 3.63) is 42.2 Å². The Kier molecular flexibility index (Phi) is 3.12. The molecule has 4 unspecified atom stereocenters. The van der Waals surface area contributed by atoms with Crippen LogP contribution in [0.4, 0.5) is 0 Å². The highest BCUT2D eigenvalue weighted by molar-refractivity contribution is 6.22. The van der Waals surface area contributed by atoms with Gasteiger partial charge in [-0.05, 0) is 5.56 Å². The summed E-state index contributed by atoms with van der Waals surface area (Å²) in [5.74, 6) is -0.662. The van der Waals surface area contributed by atoms with E-state index in [-0.39, 0.29) is 12.2 Å². The van der Waals surface area contributed by atoms with Crippen molar-refractivity contribution in [2.45, 2.75) is 31.2 Å². The van der Waals surface area contributed by atoms with Crippen LogP contribution in [0.3, 0.4) is 0 Å². The lowest BCUT2D eigenvalue weighted by molar-refractivity contribution is -0.137. The molecule has 2 aliphatic rings. The number of aliphatic hydroxyl groups is 2. The van der Waals surface area contributed by atoms with Crippen LogP contribution in [-0.4, -0.2) is 34.3 Å². The Bertz CT molecular complexity index is 508. The maximum atomic E-state index is 12.5. The summed E-state index contributed by atoms with van der Waals surface area (Å²) in [4.78, 5) is 12.5. The summed E-state index contributed by atoms with van der Waals surface area (Å²) in [7, 11) is 0. The molecule has 0 amide bonds. The van der Waals surface area contributed by atoms with Gasteiger partial charge in [0.05, 0.1) is 30.0 Å². The van der Waals surface area contributed by atoms with Crippen LogP contribution in [0.2, 0.25) is 0 Å². The van der Waals surface area contributed by atoms with Crippen molar-refractivity contribution in [1.29, 1.82) is 0 Å². The van der Waals surface area contributed by atoms with Crippen LogP contribution in [-0.2, 0) is 9.53 Å². The van der Waals surface area contributed by atoms with Crippen LogP contribution in [0.1, 0.15) is 18.4 Å². The van der Waals surface area contributed by atoms with E-state index in [9.17, 15) is 15.0 Å². The van der Waals surface area contributed by atoms with Crippen molar-refractivity contribution < 1.29 is 19.7 Å². The number of hydrogen-bond acceptors (Lipinski definition) is 4. The third kappa shape index (κ3) is 2.17. The number of fused-ring (bicyclic) bond motifs is 1. The van der Waals surface area contributed by atoms with Crippen molar-refractivity contribution in [2.75, 3.05) is 0 Å². The SMILES string of the molecule is O=C1C(c2ccccc2)=COC2CC(O)CC(O)C12. The first-order valence-electron chi connectivity index (χ1n) is 6.48. The van der Waals surface area contributed by atoms with Crippen LogP contribution < -0.4 is 0 Å². The summed E-state index contributed by atoms with van der Waals surface area (Å²) in [6, 6.07) is 9.29. The topological polar surface area (TPSA) is 66.8 Å². The Balaban J connectivity index is 1.92. The second-order valence-electron chi connectivity index (χ2n) is 5.15. The molecule has 100 valence electrons. The quantitative estimate of drug-likeness (QED) is 0.794. The number of aliphatic hydroxyl groups excluding tert-OH is 2. The van der Waals surface area contributed by atoms with Crippen LogP contribution in [0.5, 0.6) is 0 Å². The van der Waals surface area contributed by atoms with Gasteiger partial charge in [0, 0.05) is 12.8 Å². The predicted octanol–water partition coefficient (Wildman–Crippen LogP) is 1.13. The van der Waals surface area contributed by atoms with E-state index in [0.717, 1.165) is 5.56 Å². The normalized spacial score (nSPS) is 34.2. The second kappa shape index (κ2) is 4.79. The summed E-state index contributed by atoms with van der Waals surface area (Å²) in [6.45, 7) is 0. The molecule has 0 radical (unpaired) electrons. The Morgan fingerprint density at radius 2 is 1.84 bits per heavy atom. The predicted molar refractivity (Wildman–Crippen MR) is 69.0 cm³/mol. The van der Waals surface area contributed by atoms with E-state index in [1.54, 1.807) is 0 Å². The molecule has 0 spiro atoms. The van der Waals surface area contributed by atoms with E-state index in [0.29, 0.717) is 12.0 Å². The van der Waals surface area contributed by atoms with Crippen LogP contribution in [0.15, 0.2) is 36.6 Å². The standard InChI is InChI=1S/C15H16O4/c16-10-6-12(17)14-13(7-10)19-8-11(15(14)18)9-4-2-1-3-5-9/h1-5,8,10,12-14,16-17H,6-7H2. The highest BCUT2D eigenvalue weighted by atomic mass is 16.5. The van der Waals surface area contributed by atoms with E-state index < -0.39 is 24.2 Å². The Morgan fingerprint density at radius 3 is 2.58 bits per heavy atom. The van der Waals surface area contributed by atoms with Crippen LogP contribution >= 0.6 is 0 Å². The van der Waals surface area contributed by atoms with Gasteiger partial charge >= 0.3 is 0 Å². The molecule has 19 heavy (non-hydrogen) atoms. The van der Waals surface area contributed by atoms with Crippen molar-refractivity contribution in [3.63, 3.8) is 0 Å². The van der Waals surface area contributed by atoms with Gasteiger partial charge in [0.2, 0.25) is 0 Å². The van der Waals surface area contributed by atoms with E-state index in [1.165, 1.54) is 6.26 Å².